The van der Waals surface area contributed by atoms with Gasteiger partial charge in [-0.05, 0) is 106 Å². The minimum absolute atomic E-state index is 0.850. The second kappa shape index (κ2) is 14.0. The highest BCUT2D eigenvalue weighted by Gasteiger charge is 2.19. The largest absolute Gasteiger partial charge is 0.456 e. The third-order valence-electron chi connectivity index (χ3n) is 11.5. The molecule has 0 fully saturated rings. The van der Waals surface area contributed by atoms with Crippen molar-refractivity contribution in [2.45, 2.75) is 0 Å². The molecule has 60 heavy (non-hydrogen) atoms. The standard InChI is InChI=1S/C55H34N2O2S/c1-3-11-35(12-4-1)36-21-26-41(27-22-36)57(43-16-9-15-40(33-43)44-18-10-20-48-52(44)45-17-7-8-19-47(45)58-48)42-28-23-37(24-29-42)39-25-30-46-50(34-39)59-49-31-32-51-54(53(46)49)56-55(60-51)38-13-5-2-6-14-38/h1-34H. The Morgan fingerprint density at radius 3 is 1.73 bits per heavy atom. The Balaban J connectivity index is 0.936. The van der Waals surface area contributed by atoms with E-state index in [1.807, 2.05) is 18.2 Å². The average molecular weight is 787 g/mol. The van der Waals surface area contributed by atoms with Crippen molar-refractivity contribution >= 4 is 82.5 Å². The highest BCUT2D eigenvalue weighted by molar-refractivity contribution is 7.21. The van der Waals surface area contributed by atoms with Crippen LogP contribution in [0.3, 0.4) is 0 Å². The van der Waals surface area contributed by atoms with Crippen molar-refractivity contribution in [1.29, 1.82) is 0 Å². The Labute approximate surface area is 349 Å². The molecule has 0 unspecified atom stereocenters. The number of nitrogens with zero attached hydrogens (tertiary/aromatic N) is 2. The number of furan rings is 2. The van der Waals surface area contributed by atoms with Crippen LogP contribution in [0.15, 0.2) is 215 Å². The third kappa shape index (κ3) is 5.78. The smallest absolute Gasteiger partial charge is 0.137 e. The maximum Gasteiger partial charge on any atom is 0.137 e. The summed E-state index contributed by atoms with van der Waals surface area (Å²) in [5, 5.41) is 5.40. The Bertz CT molecular complexity index is 3530. The summed E-state index contributed by atoms with van der Waals surface area (Å²) in [5.41, 5.74) is 15.6. The number of benzene rings is 9. The van der Waals surface area contributed by atoms with E-state index in [9.17, 15) is 0 Å². The summed E-state index contributed by atoms with van der Waals surface area (Å²) in [6.45, 7) is 0. The van der Waals surface area contributed by atoms with Gasteiger partial charge in [-0.3, -0.25) is 0 Å². The van der Waals surface area contributed by atoms with Gasteiger partial charge in [0.1, 0.15) is 27.3 Å². The van der Waals surface area contributed by atoms with E-state index in [1.54, 1.807) is 11.3 Å². The molecular weight excluding hydrogens is 753 g/mol. The van der Waals surface area contributed by atoms with Gasteiger partial charge in [-0.25, -0.2) is 4.98 Å². The first-order valence-electron chi connectivity index (χ1n) is 20.1. The van der Waals surface area contributed by atoms with Crippen LogP contribution in [-0.2, 0) is 0 Å². The molecule has 0 aliphatic rings. The lowest BCUT2D eigenvalue weighted by Gasteiger charge is -2.26. The molecule has 0 N–H and O–H groups in total. The van der Waals surface area contributed by atoms with Crippen LogP contribution in [0.2, 0.25) is 0 Å². The van der Waals surface area contributed by atoms with Crippen LogP contribution in [0.25, 0.3) is 98.0 Å². The Hall–Kier alpha value is -7.73. The van der Waals surface area contributed by atoms with Crippen molar-refractivity contribution in [2.75, 3.05) is 4.90 Å². The number of thiazole rings is 1. The predicted octanol–water partition coefficient (Wildman–Crippen LogP) is 16.2. The van der Waals surface area contributed by atoms with Gasteiger partial charge in [-0.2, -0.15) is 0 Å². The van der Waals surface area contributed by atoms with Gasteiger partial charge in [0.05, 0.1) is 15.6 Å². The molecule has 3 heterocycles. The first kappa shape index (κ1) is 34.3. The van der Waals surface area contributed by atoms with Crippen molar-refractivity contribution in [1.82, 2.24) is 4.98 Å². The van der Waals surface area contributed by atoms with Crippen LogP contribution >= 0.6 is 11.3 Å². The molecule has 9 aromatic carbocycles. The fourth-order valence-electron chi connectivity index (χ4n) is 8.65. The monoisotopic (exact) mass is 786 g/mol. The number of hydrogen-bond donors (Lipinski definition) is 0. The first-order valence-corrected chi connectivity index (χ1v) is 20.9. The highest BCUT2D eigenvalue weighted by Crippen LogP contribution is 2.43. The van der Waals surface area contributed by atoms with E-state index in [0.717, 1.165) is 104 Å². The third-order valence-corrected chi connectivity index (χ3v) is 12.6. The fraction of sp³-hybridized carbons (Fsp3) is 0. The van der Waals surface area contributed by atoms with Gasteiger partial charge in [-0.1, -0.05) is 133 Å². The van der Waals surface area contributed by atoms with Crippen LogP contribution in [0.5, 0.6) is 0 Å². The molecule has 0 amide bonds. The molecule has 12 rings (SSSR count). The quantitative estimate of drug-likeness (QED) is 0.161. The summed E-state index contributed by atoms with van der Waals surface area (Å²) in [4.78, 5) is 7.44. The van der Waals surface area contributed by atoms with Crippen LogP contribution < -0.4 is 4.90 Å². The van der Waals surface area contributed by atoms with Crippen LogP contribution in [-0.4, -0.2) is 4.98 Å². The minimum Gasteiger partial charge on any atom is -0.456 e. The Kier molecular flexibility index (Phi) is 8.00. The van der Waals surface area contributed by atoms with Crippen molar-refractivity contribution in [3.05, 3.63) is 206 Å². The second-order valence-electron chi connectivity index (χ2n) is 15.1. The zero-order valence-electron chi connectivity index (χ0n) is 32.2. The number of rotatable bonds is 7. The lowest BCUT2D eigenvalue weighted by molar-refractivity contribution is 0.668. The van der Waals surface area contributed by atoms with Crippen LogP contribution in [0.4, 0.5) is 17.1 Å². The molecule has 4 nitrogen and oxygen atoms in total. The zero-order valence-corrected chi connectivity index (χ0v) is 33.1. The molecule has 0 saturated carbocycles. The van der Waals surface area contributed by atoms with Crippen molar-refractivity contribution in [3.8, 4) is 44.0 Å². The topological polar surface area (TPSA) is 42.4 Å². The molecule has 0 spiro atoms. The minimum atomic E-state index is 0.850. The summed E-state index contributed by atoms with van der Waals surface area (Å²) in [6.07, 6.45) is 0. The van der Waals surface area contributed by atoms with Gasteiger partial charge in [0.25, 0.3) is 0 Å². The molecule has 5 heteroatoms. The maximum atomic E-state index is 6.50. The maximum absolute atomic E-state index is 6.50. The van der Waals surface area contributed by atoms with E-state index in [-0.39, 0.29) is 0 Å². The fourth-order valence-corrected chi connectivity index (χ4v) is 9.63. The molecule has 0 aliphatic carbocycles. The number of para-hydroxylation sites is 1. The summed E-state index contributed by atoms with van der Waals surface area (Å²) in [5.74, 6) is 0. The molecule has 0 saturated heterocycles. The summed E-state index contributed by atoms with van der Waals surface area (Å²) in [7, 11) is 0. The summed E-state index contributed by atoms with van der Waals surface area (Å²) >= 11 is 1.72. The normalized spacial score (nSPS) is 11.7. The van der Waals surface area contributed by atoms with Crippen molar-refractivity contribution in [2.24, 2.45) is 0 Å². The van der Waals surface area contributed by atoms with Gasteiger partial charge < -0.3 is 13.7 Å². The van der Waals surface area contributed by atoms with Crippen LogP contribution in [0, 0.1) is 0 Å². The molecule has 3 aromatic heterocycles. The van der Waals surface area contributed by atoms with Crippen molar-refractivity contribution in [3.63, 3.8) is 0 Å². The van der Waals surface area contributed by atoms with Gasteiger partial charge in [-0.15, -0.1) is 11.3 Å². The molecular formula is C55H34N2O2S. The van der Waals surface area contributed by atoms with Gasteiger partial charge in [0, 0.05) is 38.8 Å². The van der Waals surface area contributed by atoms with Crippen molar-refractivity contribution < 1.29 is 8.83 Å². The second-order valence-corrected chi connectivity index (χ2v) is 16.1. The van der Waals surface area contributed by atoms with E-state index in [4.69, 9.17) is 13.8 Å². The van der Waals surface area contributed by atoms with E-state index in [2.05, 4.69) is 193 Å². The number of hydrogen-bond acceptors (Lipinski definition) is 5. The Morgan fingerprint density at radius 1 is 0.367 bits per heavy atom. The lowest BCUT2D eigenvalue weighted by Crippen LogP contribution is -2.10. The van der Waals surface area contributed by atoms with E-state index >= 15 is 0 Å². The SMILES string of the molecule is c1ccc(-c2ccc(N(c3ccc(-c4ccc5c(c4)oc4ccc6sc(-c7ccccc7)nc6c45)cc3)c3cccc(-c4cccc5oc6ccccc6c45)c3)cc2)cc1. The predicted molar refractivity (Wildman–Crippen MR) is 251 cm³/mol. The summed E-state index contributed by atoms with van der Waals surface area (Å²) in [6, 6.07) is 72.7. The first-order chi connectivity index (χ1) is 29.7. The zero-order chi connectivity index (χ0) is 39.6. The number of fused-ring (bicyclic) bond motifs is 8. The van der Waals surface area contributed by atoms with E-state index < -0.39 is 0 Å². The van der Waals surface area contributed by atoms with Gasteiger partial charge >= 0.3 is 0 Å². The molecule has 0 radical (unpaired) electrons. The van der Waals surface area contributed by atoms with Gasteiger partial charge in [0.2, 0.25) is 0 Å². The summed E-state index contributed by atoms with van der Waals surface area (Å²) < 4.78 is 13.9. The van der Waals surface area contributed by atoms with Crippen LogP contribution in [0.1, 0.15) is 0 Å². The molecule has 0 bridgehead atoms. The average Bonchev–Trinajstić information content (AvgIpc) is 4.04. The highest BCUT2D eigenvalue weighted by atomic mass is 32.1. The van der Waals surface area contributed by atoms with Gasteiger partial charge in [0.15, 0.2) is 0 Å². The molecule has 282 valence electrons. The van der Waals surface area contributed by atoms with E-state index in [0.29, 0.717) is 0 Å². The molecule has 0 aliphatic heterocycles. The number of aromatic nitrogens is 1. The molecule has 12 aromatic rings. The lowest BCUT2D eigenvalue weighted by atomic mass is 9.98. The Morgan fingerprint density at radius 2 is 0.950 bits per heavy atom. The molecule has 0 atom stereocenters. The van der Waals surface area contributed by atoms with E-state index in [1.165, 1.54) is 11.1 Å². The number of anilines is 3.